The van der Waals surface area contributed by atoms with Crippen molar-refractivity contribution in [2.75, 3.05) is 5.32 Å². The quantitative estimate of drug-likeness (QED) is 0.449. The van der Waals surface area contributed by atoms with Crippen LogP contribution in [0.3, 0.4) is 0 Å². The summed E-state index contributed by atoms with van der Waals surface area (Å²) in [5.41, 5.74) is 3.52. The lowest BCUT2D eigenvalue weighted by Gasteiger charge is -2.15. The number of rotatable bonds is 4. The van der Waals surface area contributed by atoms with Crippen molar-refractivity contribution in [3.8, 4) is 0 Å². The van der Waals surface area contributed by atoms with Crippen molar-refractivity contribution >= 4 is 56.0 Å². The van der Waals surface area contributed by atoms with Crippen LogP contribution in [0.2, 0.25) is 5.02 Å². The molecule has 9 heteroatoms. The Morgan fingerprint density at radius 2 is 1.93 bits per heavy atom. The number of nitrogens with one attached hydrogen (secondary N) is 1. The maximum atomic E-state index is 12.7. The molecule has 0 saturated heterocycles. The average Bonchev–Trinajstić information content (AvgIpc) is 3.28. The van der Waals surface area contributed by atoms with Crippen LogP contribution in [0.25, 0.3) is 21.4 Å². The molecule has 7 nitrogen and oxygen atoms in total. The summed E-state index contributed by atoms with van der Waals surface area (Å²) in [5, 5.41) is 4.98. The minimum atomic E-state index is -0.324. The number of aryl methyl sites for hydroxylation is 2. The highest BCUT2D eigenvalue weighted by atomic mass is 35.5. The van der Waals surface area contributed by atoms with Gasteiger partial charge in [-0.1, -0.05) is 23.7 Å². The van der Waals surface area contributed by atoms with E-state index in [1.54, 1.807) is 29.3 Å². The first-order valence-electron chi connectivity index (χ1n) is 9.28. The van der Waals surface area contributed by atoms with Crippen LogP contribution in [-0.2, 0) is 13.6 Å². The number of hydrogen-bond acceptors (Lipinski definition) is 6. The molecule has 0 spiro atoms. The number of imidazole rings is 1. The predicted octanol–water partition coefficient (Wildman–Crippen LogP) is 4.49. The van der Waals surface area contributed by atoms with E-state index in [1.165, 1.54) is 0 Å². The number of fused-ring (bicyclic) bond motifs is 2. The van der Waals surface area contributed by atoms with Crippen molar-refractivity contribution in [1.29, 1.82) is 0 Å². The van der Waals surface area contributed by atoms with Gasteiger partial charge in [0.05, 0.1) is 28.1 Å². The molecule has 0 atom stereocenters. The average molecular weight is 437 g/mol. The van der Waals surface area contributed by atoms with E-state index in [0.717, 1.165) is 26.5 Å². The van der Waals surface area contributed by atoms with Gasteiger partial charge in [0.25, 0.3) is 0 Å². The fourth-order valence-corrected chi connectivity index (χ4v) is 4.43. The molecule has 150 valence electrons. The largest absolute Gasteiger partial charge is 0.328 e. The predicted molar refractivity (Wildman–Crippen MR) is 121 cm³/mol. The normalized spacial score (nSPS) is 11.4. The summed E-state index contributed by atoms with van der Waals surface area (Å²) < 4.78 is 4.67. The molecule has 0 aliphatic rings. The first-order chi connectivity index (χ1) is 14.5. The lowest BCUT2D eigenvalue weighted by Crippen LogP contribution is -2.19. The summed E-state index contributed by atoms with van der Waals surface area (Å²) in [6, 6.07) is 13.5. The monoisotopic (exact) mass is 436 g/mol. The highest BCUT2D eigenvalue weighted by Gasteiger charge is 2.16. The molecule has 0 saturated carbocycles. The number of anilines is 2. The Morgan fingerprint density at radius 1 is 1.13 bits per heavy atom. The molecule has 0 bridgehead atoms. The van der Waals surface area contributed by atoms with E-state index in [-0.39, 0.29) is 5.56 Å². The zero-order valence-electron chi connectivity index (χ0n) is 16.3. The SMILES string of the molecule is Cc1nc2ccc(Nc3nc(=O)c4c(ncn4C)n3Cc3ccc(Cl)cc3)cc2s1. The molecule has 0 radical (unpaired) electrons. The minimum absolute atomic E-state index is 0.324. The van der Waals surface area contributed by atoms with Crippen LogP contribution < -0.4 is 10.9 Å². The van der Waals surface area contributed by atoms with E-state index < -0.39 is 0 Å². The van der Waals surface area contributed by atoms with Gasteiger partial charge in [-0.2, -0.15) is 4.98 Å². The molecule has 3 heterocycles. The van der Waals surface area contributed by atoms with Gasteiger partial charge in [0.2, 0.25) is 5.95 Å². The van der Waals surface area contributed by atoms with Gasteiger partial charge in [-0.25, -0.2) is 9.97 Å². The van der Waals surface area contributed by atoms with Gasteiger partial charge in [-0.3, -0.25) is 9.36 Å². The Labute approximate surface area is 180 Å². The van der Waals surface area contributed by atoms with Crippen LogP contribution in [0, 0.1) is 6.92 Å². The number of thiazole rings is 1. The Bertz CT molecular complexity index is 1450. The molecule has 3 aromatic heterocycles. The van der Waals surface area contributed by atoms with Crippen molar-refractivity contribution in [3.63, 3.8) is 0 Å². The second-order valence-electron chi connectivity index (χ2n) is 7.02. The first kappa shape index (κ1) is 18.8. The van der Waals surface area contributed by atoms with Crippen LogP contribution in [-0.4, -0.2) is 24.1 Å². The molecule has 1 N–H and O–H groups in total. The molecular weight excluding hydrogens is 420 g/mol. The number of hydrogen-bond donors (Lipinski definition) is 1. The highest BCUT2D eigenvalue weighted by Crippen LogP contribution is 2.27. The zero-order chi connectivity index (χ0) is 20.8. The summed E-state index contributed by atoms with van der Waals surface area (Å²) in [5.74, 6) is 0.432. The number of halogens is 1. The van der Waals surface area contributed by atoms with Crippen LogP contribution in [0.1, 0.15) is 10.6 Å². The Hall–Kier alpha value is -3.23. The molecule has 0 fully saturated rings. The molecule has 5 aromatic rings. The molecule has 2 aromatic carbocycles. The van der Waals surface area contributed by atoms with Gasteiger partial charge < -0.3 is 9.88 Å². The Balaban J connectivity index is 1.63. The van der Waals surface area contributed by atoms with E-state index in [4.69, 9.17) is 11.6 Å². The molecule has 0 amide bonds. The zero-order valence-corrected chi connectivity index (χ0v) is 17.8. The van der Waals surface area contributed by atoms with Gasteiger partial charge in [0.15, 0.2) is 11.2 Å². The fourth-order valence-electron chi connectivity index (χ4n) is 3.44. The van der Waals surface area contributed by atoms with Crippen molar-refractivity contribution in [2.24, 2.45) is 7.05 Å². The lowest BCUT2D eigenvalue weighted by atomic mass is 10.2. The minimum Gasteiger partial charge on any atom is -0.328 e. The number of aromatic nitrogens is 5. The van der Waals surface area contributed by atoms with Gasteiger partial charge in [-0.05, 0) is 42.8 Å². The Kier molecular flexibility index (Phi) is 4.52. The maximum Gasteiger partial charge on any atom is 0.300 e. The number of benzene rings is 2. The van der Waals surface area contributed by atoms with Crippen LogP contribution in [0.5, 0.6) is 0 Å². The van der Waals surface area contributed by atoms with E-state index in [2.05, 4.69) is 20.3 Å². The smallest absolute Gasteiger partial charge is 0.300 e. The topological polar surface area (TPSA) is 77.6 Å². The lowest BCUT2D eigenvalue weighted by molar-refractivity contribution is 0.800. The van der Waals surface area contributed by atoms with Gasteiger partial charge in [-0.15, -0.1) is 11.3 Å². The van der Waals surface area contributed by atoms with Crippen molar-refractivity contribution in [2.45, 2.75) is 13.5 Å². The summed E-state index contributed by atoms with van der Waals surface area (Å²) >= 11 is 7.66. The van der Waals surface area contributed by atoms with Crippen molar-refractivity contribution in [3.05, 3.63) is 74.7 Å². The Morgan fingerprint density at radius 3 is 2.73 bits per heavy atom. The van der Waals surface area contributed by atoms with Crippen LogP contribution in [0.4, 0.5) is 11.6 Å². The molecule has 0 aliphatic heterocycles. The van der Waals surface area contributed by atoms with Gasteiger partial charge in [0.1, 0.15) is 0 Å². The van der Waals surface area contributed by atoms with Crippen LogP contribution >= 0.6 is 22.9 Å². The number of nitrogens with zero attached hydrogens (tertiary/aromatic N) is 5. The molecule has 0 aliphatic carbocycles. The van der Waals surface area contributed by atoms with Gasteiger partial charge >= 0.3 is 5.56 Å². The van der Waals surface area contributed by atoms with Crippen molar-refractivity contribution < 1.29 is 0 Å². The summed E-state index contributed by atoms with van der Waals surface area (Å²) in [4.78, 5) is 26.0. The van der Waals surface area contributed by atoms with E-state index in [1.807, 2.05) is 54.0 Å². The third-order valence-electron chi connectivity index (χ3n) is 4.84. The van der Waals surface area contributed by atoms with Crippen molar-refractivity contribution in [1.82, 2.24) is 24.1 Å². The summed E-state index contributed by atoms with van der Waals surface area (Å²) in [6.07, 6.45) is 1.63. The van der Waals surface area contributed by atoms with Crippen LogP contribution in [0.15, 0.2) is 53.6 Å². The third-order valence-corrected chi connectivity index (χ3v) is 6.03. The van der Waals surface area contributed by atoms with E-state index in [0.29, 0.717) is 28.7 Å². The van der Waals surface area contributed by atoms with Gasteiger partial charge in [0, 0.05) is 17.8 Å². The second kappa shape index (κ2) is 7.23. The molecule has 5 rings (SSSR count). The highest BCUT2D eigenvalue weighted by molar-refractivity contribution is 7.18. The third kappa shape index (κ3) is 3.34. The maximum absolute atomic E-state index is 12.7. The fraction of sp³-hybridized carbons (Fsp3) is 0.143. The molecule has 30 heavy (non-hydrogen) atoms. The molecular formula is C21H17ClN6OS. The standard InChI is InChI=1S/C21H17ClN6OS/c1-12-24-16-8-7-15(9-17(16)30-12)25-21-26-20(29)18-19(23-11-27(18)2)28(21)10-13-3-5-14(22)6-4-13/h3-9,11H,10H2,1-2H3,(H,25,26,29). The summed E-state index contributed by atoms with van der Waals surface area (Å²) in [7, 11) is 1.79. The first-order valence-corrected chi connectivity index (χ1v) is 10.5. The second-order valence-corrected chi connectivity index (χ2v) is 8.69. The molecule has 0 unspecified atom stereocenters. The van der Waals surface area contributed by atoms with E-state index >= 15 is 0 Å². The van der Waals surface area contributed by atoms with E-state index in [9.17, 15) is 4.79 Å². The summed E-state index contributed by atoms with van der Waals surface area (Å²) in [6.45, 7) is 2.47.